The van der Waals surface area contributed by atoms with E-state index in [1.165, 1.54) is 0 Å². The molecule has 0 radical (unpaired) electrons. The van der Waals surface area contributed by atoms with E-state index >= 15 is 0 Å². The lowest BCUT2D eigenvalue weighted by Gasteiger charge is -2.31. The number of rotatable bonds is 7. The molecule has 1 aliphatic heterocycles. The Morgan fingerprint density at radius 2 is 1.95 bits per heavy atom. The predicted octanol–water partition coefficient (Wildman–Crippen LogP) is 2.60. The fourth-order valence-corrected chi connectivity index (χ4v) is 2.20. The lowest BCUT2D eigenvalue weighted by molar-refractivity contribution is 0.0859. The summed E-state index contributed by atoms with van der Waals surface area (Å²) in [5.74, 6) is 0.666. The number of amides is 2. The molecule has 0 aromatic rings. The van der Waals surface area contributed by atoms with E-state index in [-0.39, 0.29) is 12.7 Å². The first-order chi connectivity index (χ1) is 10.2. The SMILES string of the molecule is CCCCOC(=O)N1CCC(CNC(=O)OCCCl)CC1. The first-order valence-electron chi connectivity index (χ1n) is 7.55. The lowest BCUT2D eigenvalue weighted by atomic mass is 9.97. The number of halogens is 1. The second-order valence-electron chi connectivity index (χ2n) is 5.10. The molecule has 1 aliphatic rings. The second kappa shape index (κ2) is 10.5. The molecule has 0 aromatic carbocycles. The van der Waals surface area contributed by atoms with Crippen LogP contribution in [0.4, 0.5) is 9.59 Å². The number of carbonyl (C=O) groups excluding carboxylic acids is 2. The summed E-state index contributed by atoms with van der Waals surface area (Å²) in [7, 11) is 0. The molecule has 0 bridgehead atoms. The summed E-state index contributed by atoms with van der Waals surface area (Å²) >= 11 is 5.43. The van der Waals surface area contributed by atoms with E-state index in [0.717, 1.165) is 25.7 Å². The molecule has 122 valence electrons. The van der Waals surface area contributed by atoms with Gasteiger partial charge in [-0.3, -0.25) is 0 Å². The summed E-state index contributed by atoms with van der Waals surface area (Å²) in [6.45, 7) is 4.69. The minimum Gasteiger partial charge on any atom is -0.449 e. The molecule has 0 atom stereocenters. The van der Waals surface area contributed by atoms with Crippen molar-refractivity contribution in [2.45, 2.75) is 32.6 Å². The number of hydrogen-bond acceptors (Lipinski definition) is 4. The highest BCUT2D eigenvalue weighted by molar-refractivity contribution is 6.18. The Kier molecular flexibility index (Phi) is 8.98. The van der Waals surface area contributed by atoms with Crippen LogP contribution in [-0.4, -0.2) is 55.8 Å². The van der Waals surface area contributed by atoms with Crippen LogP contribution in [0.25, 0.3) is 0 Å². The number of likely N-dealkylation sites (tertiary alicyclic amines) is 1. The van der Waals surface area contributed by atoms with Gasteiger partial charge < -0.3 is 19.7 Å². The normalized spacial score (nSPS) is 15.6. The van der Waals surface area contributed by atoms with Crippen LogP contribution in [0.5, 0.6) is 0 Å². The summed E-state index contributed by atoms with van der Waals surface area (Å²) < 4.78 is 10.0. The Bertz CT molecular complexity index is 320. The molecule has 2 amide bonds. The topological polar surface area (TPSA) is 67.9 Å². The molecular formula is C14H25ClN2O4. The van der Waals surface area contributed by atoms with Gasteiger partial charge in [-0.15, -0.1) is 11.6 Å². The van der Waals surface area contributed by atoms with Crippen molar-refractivity contribution in [1.82, 2.24) is 10.2 Å². The van der Waals surface area contributed by atoms with Gasteiger partial charge in [-0.2, -0.15) is 0 Å². The van der Waals surface area contributed by atoms with E-state index in [4.69, 9.17) is 21.1 Å². The molecule has 1 fully saturated rings. The Morgan fingerprint density at radius 1 is 1.24 bits per heavy atom. The Balaban J connectivity index is 2.14. The number of carbonyl (C=O) groups is 2. The third-order valence-electron chi connectivity index (χ3n) is 3.44. The van der Waals surface area contributed by atoms with Crippen molar-refractivity contribution < 1.29 is 19.1 Å². The van der Waals surface area contributed by atoms with Crippen LogP contribution >= 0.6 is 11.6 Å². The summed E-state index contributed by atoms with van der Waals surface area (Å²) in [4.78, 5) is 24.8. The van der Waals surface area contributed by atoms with Crippen LogP contribution in [0.15, 0.2) is 0 Å². The second-order valence-corrected chi connectivity index (χ2v) is 5.48. The zero-order valence-corrected chi connectivity index (χ0v) is 13.4. The minimum atomic E-state index is -0.433. The largest absolute Gasteiger partial charge is 0.449 e. The molecule has 1 heterocycles. The highest BCUT2D eigenvalue weighted by Crippen LogP contribution is 2.17. The van der Waals surface area contributed by atoms with Gasteiger partial charge in [0.05, 0.1) is 12.5 Å². The molecule has 7 heteroatoms. The van der Waals surface area contributed by atoms with Gasteiger partial charge in [0.2, 0.25) is 0 Å². The fourth-order valence-electron chi connectivity index (χ4n) is 2.12. The van der Waals surface area contributed by atoms with Crippen molar-refractivity contribution in [3.8, 4) is 0 Å². The molecule has 21 heavy (non-hydrogen) atoms. The molecule has 0 spiro atoms. The number of piperidine rings is 1. The van der Waals surface area contributed by atoms with Crippen LogP contribution in [0.1, 0.15) is 32.6 Å². The minimum absolute atomic E-state index is 0.218. The maximum absolute atomic E-state index is 11.8. The molecule has 0 unspecified atom stereocenters. The molecule has 1 rings (SSSR count). The molecule has 1 N–H and O–H groups in total. The number of alkyl carbamates (subject to hydrolysis) is 1. The molecule has 0 aliphatic carbocycles. The molecule has 1 saturated heterocycles. The summed E-state index contributed by atoms with van der Waals surface area (Å²) in [5, 5.41) is 2.72. The van der Waals surface area contributed by atoms with E-state index in [0.29, 0.717) is 38.0 Å². The molecule has 0 saturated carbocycles. The van der Waals surface area contributed by atoms with Crippen LogP contribution in [0.3, 0.4) is 0 Å². The van der Waals surface area contributed by atoms with Crippen molar-refractivity contribution in [2.75, 3.05) is 38.7 Å². The van der Waals surface area contributed by atoms with E-state index in [9.17, 15) is 9.59 Å². The van der Waals surface area contributed by atoms with Crippen molar-refractivity contribution in [3.05, 3.63) is 0 Å². The van der Waals surface area contributed by atoms with E-state index in [2.05, 4.69) is 12.2 Å². The monoisotopic (exact) mass is 320 g/mol. The summed E-state index contributed by atoms with van der Waals surface area (Å²) in [6, 6.07) is 0. The summed E-state index contributed by atoms with van der Waals surface area (Å²) in [6.07, 6.45) is 2.97. The number of nitrogens with zero attached hydrogens (tertiary/aromatic N) is 1. The molecular weight excluding hydrogens is 296 g/mol. The molecule has 6 nitrogen and oxygen atoms in total. The van der Waals surface area contributed by atoms with Crippen LogP contribution in [0.2, 0.25) is 0 Å². The Labute approximate surface area is 131 Å². The van der Waals surface area contributed by atoms with Crippen LogP contribution in [-0.2, 0) is 9.47 Å². The first kappa shape index (κ1) is 17.9. The van der Waals surface area contributed by atoms with Gasteiger partial charge in [-0.1, -0.05) is 13.3 Å². The predicted molar refractivity (Wildman–Crippen MR) is 80.6 cm³/mol. The highest BCUT2D eigenvalue weighted by Gasteiger charge is 2.23. The Hall–Kier alpha value is -1.17. The first-order valence-corrected chi connectivity index (χ1v) is 8.09. The highest BCUT2D eigenvalue weighted by atomic mass is 35.5. The molecule has 0 aromatic heterocycles. The fraction of sp³-hybridized carbons (Fsp3) is 0.857. The van der Waals surface area contributed by atoms with Crippen molar-refractivity contribution in [2.24, 2.45) is 5.92 Å². The summed E-state index contributed by atoms with van der Waals surface area (Å²) in [5.41, 5.74) is 0. The zero-order valence-electron chi connectivity index (χ0n) is 12.6. The average Bonchev–Trinajstić information content (AvgIpc) is 2.51. The van der Waals surface area contributed by atoms with Gasteiger partial charge in [-0.25, -0.2) is 9.59 Å². The number of ether oxygens (including phenoxy) is 2. The third kappa shape index (κ3) is 7.41. The number of nitrogens with one attached hydrogen (secondary N) is 1. The maximum Gasteiger partial charge on any atom is 0.409 e. The smallest absolute Gasteiger partial charge is 0.409 e. The van der Waals surface area contributed by atoms with E-state index < -0.39 is 6.09 Å². The third-order valence-corrected chi connectivity index (χ3v) is 3.60. The number of hydrogen-bond donors (Lipinski definition) is 1. The van der Waals surface area contributed by atoms with Gasteiger partial charge in [0.25, 0.3) is 0 Å². The van der Waals surface area contributed by atoms with Gasteiger partial charge in [-0.05, 0) is 25.2 Å². The van der Waals surface area contributed by atoms with Gasteiger partial charge in [0.1, 0.15) is 6.61 Å². The zero-order chi connectivity index (χ0) is 15.5. The van der Waals surface area contributed by atoms with Crippen molar-refractivity contribution in [3.63, 3.8) is 0 Å². The van der Waals surface area contributed by atoms with Gasteiger partial charge >= 0.3 is 12.2 Å². The van der Waals surface area contributed by atoms with Gasteiger partial charge in [0, 0.05) is 19.6 Å². The van der Waals surface area contributed by atoms with E-state index in [1.54, 1.807) is 4.90 Å². The Morgan fingerprint density at radius 3 is 2.57 bits per heavy atom. The van der Waals surface area contributed by atoms with Crippen LogP contribution < -0.4 is 5.32 Å². The quantitative estimate of drug-likeness (QED) is 0.578. The number of unbranched alkanes of at least 4 members (excludes halogenated alkanes) is 1. The maximum atomic E-state index is 11.8. The van der Waals surface area contributed by atoms with E-state index in [1.807, 2.05) is 0 Å². The average molecular weight is 321 g/mol. The standard InChI is InChI=1S/C14H25ClN2O4/c1-2-3-9-21-14(19)17-7-4-12(5-8-17)11-16-13(18)20-10-6-15/h12H,2-11H2,1H3,(H,16,18). The van der Waals surface area contributed by atoms with Crippen molar-refractivity contribution in [1.29, 1.82) is 0 Å². The lowest BCUT2D eigenvalue weighted by Crippen LogP contribution is -2.42. The van der Waals surface area contributed by atoms with Crippen LogP contribution in [0, 0.1) is 5.92 Å². The van der Waals surface area contributed by atoms with Crippen molar-refractivity contribution >= 4 is 23.8 Å². The number of alkyl halides is 1. The van der Waals surface area contributed by atoms with Gasteiger partial charge in [0.15, 0.2) is 0 Å².